The quantitative estimate of drug-likeness (QED) is 0.479. The summed E-state index contributed by atoms with van der Waals surface area (Å²) in [5.41, 5.74) is -1.66. The van der Waals surface area contributed by atoms with Crippen molar-refractivity contribution < 1.29 is 31.1 Å². The average Bonchev–Trinajstić information content (AvgIpc) is 3.07. The molecule has 0 saturated carbocycles. The third-order valence-electron chi connectivity index (χ3n) is 6.22. The number of rotatable bonds is 3. The highest BCUT2D eigenvalue weighted by molar-refractivity contribution is 5.95. The van der Waals surface area contributed by atoms with Crippen molar-refractivity contribution in [3.63, 3.8) is 0 Å². The zero-order valence-corrected chi connectivity index (χ0v) is 18.5. The second-order valence-corrected chi connectivity index (χ2v) is 8.70. The summed E-state index contributed by atoms with van der Waals surface area (Å²) in [4.78, 5) is 16.7. The number of fused-ring (bicyclic) bond motifs is 1. The first kappa shape index (κ1) is 24.1. The van der Waals surface area contributed by atoms with Gasteiger partial charge < -0.3 is 14.4 Å². The van der Waals surface area contributed by atoms with Crippen LogP contribution in [-0.4, -0.2) is 53.0 Å². The van der Waals surface area contributed by atoms with E-state index in [1.807, 2.05) is 54.0 Å². The Hall–Kier alpha value is -3.01. The summed E-state index contributed by atoms with van der Waals surface area (Å²) in [5.74, 6) is -0.838. The average molecular weight is 483 g/mol. The van der Waals surface area contributed by atoms with Gasteiger partial charge in [-0.25, -0.2) is 0 Å². The predicted octanol–water partition coefficient (Wildman–Crippen LogP) is 5.21. The van der Waals surface area contributed by atoms with Gasteiger partial charge in [-0.3, -0.25) is 4.79 Å². The standard InChI is InChI=1S/C24H23F6N3O/c1-31-7-8-33(19(14-31)11-16-13-32(2)21-6-4-3-5-20(16)21)22(34)15-9-17(23(25,26)27)12-18(10-15)24(28,29)30/h3-6,9-10,12-13,19H,7-8,11,14H2,1-2H3/t19-/m1/s1. The number of alkyl halides is 6. The van der Waals surface area contributed by atoms with Gasteiger partial charge >= 0.3 is 12.4 Å². The maximum atomic E-state index is 13.3. The van der Waals surface area contributed by atoms with Gasteiger partial charge in [0.05, 0.1) is 11.1 Å². The number of hydrogen-bond donors (Lipinski definition) is 0. The van der Waals surface area contributed by atoms with Crippen molar-refractivity contribution >= 4 is 16.8 Å². The molecule has 0 radical (unpaired) electrons. The Kier molecular flexibility index (Phi) is 6.14. The van der Waals surface area contributed by atoms with Crippen LogP contribution in [0.25, 0.3) is 10.9 Å². The SMILES string of the molecule is CN1CCN(C(=O)c2cc(C(F)(F)F)cc(C(F)(F)F)c2)[C@H](Cc2cn(C)c3ccccc23)C1. The molecule has 3 aromatic rings. The lowest BCUT2D eigenvalue weighted by Crippen LogP contribution is -2.55. The lowest BCUT2D eigenvalue weighted by molar-refractivity contribution is -0.143. The lowest BCUT2D eigenvalue weighted by Gasteiger charge is -2.40. The summed E-state index contributed by atoms with van der Waals surface area (Å²) < 4.78 is 81.8. The van der Waals surface area contributed by atoms with Gasteiger partial charge in [0.1, 0.15) is 0 Å². The fourth-order valence-electron chi connectivity index (χ4n) is 4.54. The van der Waals surface area contributed by atoms with E-state index in [4.69, 9.17) is 0 Å². The Morgan fingerprint density at radius 2 is 1.56 bits per heavy atom. The topological polar surface area (TPSA) is 28.5 Å². The van der Waals surface area contributed by atoms with E-state index < -0.39 is 41.0 Å². The van der Waals surface area contributed by atoms with Crippen molar-refractivity contribution in [1.82, 2.24) is 14.4 Å². The number of aryl methyl sites for hydroxylation is 1. The molecule has 0 unspecified atom stereocenters. The highest BCUT2D eigenvalue weighted by atomic mass is 19.4. The van der Waals surface area contributed by atoms with E-state index >= 15 is 0 Å². The van der Waals surface area contributed by atoms with E-state index in [0.717, 1.165) is 16.5 Å². The maximum Gasteiger partial charge on any atom is 0.416 e. The van der Waals surface area contributed by atoms with Crippen LogP contribution in [0.15, 0.2) is 48.7 Å². The van der Waals surface area contributed by atoms with Gasteiger partial charge in [-0.1, -0.05) is 18.2 Å². The van der Waals surface area contributed by atoms with Crippen molar-refractivity contribution in [2.24, 2.45) is 7.05 Å². The van der Waals surface area contributed by atoms with Crippen LogP contribution in [0.5, 0.6) is 0 Å². The summed E-state index contributed by atoms with van der Waals surface area (Å²) in [6.45, 7) is 1.10. The first-order valence-electron chi connectivity index (χ1n) is 10.7. The molecular formula is C24H23F6N3O. The number of hydrogen-bond acceptors (Lipinski definition) is 2. The van der Waals surface area contributed by atoms with Crippen molar-refractivity contribution in [3.05, 3.63) is 70.9 Å². The number of likely N-dealkylation sites (N-methyl/N-ethyl adjacent to an activating group) is 1. The number of halogens is 6. The molecule has 182 valence electrons. The molecule has 4 rings (SSSR count). The lowest BCUT2D eigenvalue weighted by atomic mass is 9.99. The largest absolute Gasteiger partial charge is 0.416 e. The van der Waals surface area contributed by atoms with Crippen molar-refractivity contribution in [3.8, 4) is 0 Å². The van der Waals surface area contributed by atoms with Gasteiger partial charge in [-0.05, 0) is 43.3 Å². The summed E-state index contributed by atoms with van der Waals surface area (Å²) in [6, 6.07) is 8.33. The van der Waals surface area contributed by atoms with Crippen LogP contribution in [0.4, 0.5) is 26.3 Å². The van der Waals surface area contributed by atoms with Crippen LogP contribution in [0.3, 0.4) is 0 Å². The molecule has 1 fully saturated rings. The fourth-order valence-corrected chi connectivity index (χ4v) is 4.54. The number of nitrogens with zero attached hydrogens (tertiary/aromatic N) is 3. The molecule has 1 amide bonds. The predicted molar refractivity (Wildman–Crippen MR) is 115 cm³/mol. The molecular weight excluding hydrogens is 460 g/mol. The molecule has 2 aromatic carbocycles. The molecule has 2 heterocycles. The third kappa shape index (κ3) is 4.77. The number of carbonyl (C=O) groups excluding carboxylic acids is 1. The smallest absolute Gasteiger partial charge is 0.350 e. The summed E-state index contributed by atoms with van der Waals surface area (Å²) in [5, 5.41) is 0.990. The number of aromatic nitrogens is 1. The monoisotopic (exact) mass is 483 g/mol. The minimum Gasteiger partial charge on any atom is -0.350 e. The van der Waals surface area contributed by atoms with E-state index in [9.17, 15) is 31.1 Å². The number of para-hydroxylation sites is 1. The first-order chi connectivity index (χ1) is 15.8. The molecule has 1 atom stereocenters. The first-order valence-corrected chi connectivity index (χ1v) is 10.7. The maximum absolute atomic E-state index is 13.3. The molecule has 0 bridgehead atoms. The Morgan fingerprint density at radius 3 is 2.18 bits per heavy atom. The van der Waals surface area contributed by atoms with Gasteiger partial charge in [0.2, 0.25) is 0 Å². The molecule has 1 aromatic heterocycles. The summed E-state index contributed by atoms with van der Waals surface area (Å²) in [6.07, 6.45) is -7.67. The molecule has 34 heavy (non-hydrogen) atoms. The van der Waals surface area contributed by atoms with Crippen molar-refractivity contribution in [2.45, 2.75) is 24.8 Å². The van der Waals surface area contributed by atoms with Crippen LogP contribution >= 0.6 is 0 Å². The highest BCUT2D eigenvalue weighted by Gasteiger charge is 2.39. The molecule has 1 aliphatic heterocycles. The van der Waals surface area contributed by atoms with Crippen LogP contribution in [-0.2, 0) is 25.8 Å². The van der Waals surface area contributed by atoms with E-state index in [0.29, 0.717) is 31.6 Å². The molecule has 0 N–H and O–H groups in total. The molecule has 0 aliphatic carbocycles. The molecule has 1 saturated heterocycles. The van der Waals surface area contributed by atoms with E-state index in [1.54, 1.807) is 0 Å². The minimum absolute atomic E-state index is 0.0361. The number of benzene rings is 2. The molecule has 0 spiro atoms. The van der Waals surface area contributed by atoms with Gasteiger partial charge in [0, 0.05) is 55.4 Å². The van der Waals surface area contributed by atoms with Crippen molar-refractivity contribution in [2.75, 3.05) is 26.7 Å². The van der Waals surface area contributed by atoms with Gasteiger partial charge in [0.25, 0.3) is 5.91 Å². The number of amides is 1. The number of piperazine rings is 1. The Balaban J connectivity index is 1.71. The van der Waals surface area contributed by atoms with Gasteiger partial charge in [-0.15, -0.1) is 0 Å². The normalized spacial score (nSPS) is 18.0. The van der Waals surface area contributed by atoms with E-state index in [2.05, 4.69) is 0 Å². The second kappa shape index (κ2) is 8.65. The van der Waals surface area contributed by atoms with Crippen LogP contribution < -0.4 is 0 Å². The van der Waals surface area contributed by atoms with E-state index in [1.165, 1.54) is 4.90 Å². The van der Waals surface area contributed by atoms with E-state index in [-0.39, 0.29) is 12.6 Å². The van der Waals surface area contributed by atoms with Crippen LogP contribution in [0.2, 0.25) is 0 Å². The molecule has 10 heteroatoms. The van der Waals surface area contributed by atoms with Gasteiger partial charge in [0.15, 0.2) is 0 Å². The fraction of sp³-hybridized carbons (Fsp3) is 0.375. The van der Waals surface area contributed by atoms with Crippen molar-refractivity contribution in [1.29, 1.82) is 0 Å². The summed E-state index contributed by atoms with van der Waals surface area (Å²) in [7, 11) is 3.76. The second-order valence-electron chi connectivity index (χ2n) is 8.70. The highest BCUT2D eigenvalue weighted by Crippen LogP contribution is 2.37. The van der Waals surface area contributed by atoms with Crippen LogP contribution in [0, 0.1) is 0 Å². The van der Waals surface area contributed by atoms with Gasteiger partial charge in [-0.2, -0.15) is 26.3 Å². The number of carbonyl (C=O) groups is 1. The third-order valence-corrected chi connectivity index (χ3v) is 6.22. The zero-order chi connectivity index (χ0) is 24.8. The molecule has 1 aliphatic rings. The van der Waals surface area contributed by atoms with Crippen LogP contribution in [0.1, 0.15) is 27.0 Å². The minimum atomic E-state index is -5.01. The Bertz CT molecular complexity index is 1180. The Labute approximate surface area is 192 Å². The zero-order valence-electron chi connectivity index (χ0n) is 18.5. The summed E-state index contributed by atoms with van der Waals surface area (Å²) >= 11 is 0. The molecule has 4 nitrogen and oxygen atoms in total. The Morgan fingerprint density at radius 1 is 0.941 bits per heavy atom.